The topological polar surface area (TPSA) is 92.7 Å². The van der Waals surface area contributed by atoms with Gasteiger partial charge in [0.15, 0.2) is 12.4 Å². The summed E-state index contributed by atoms with van der Waals surface area (Å²) in [5, 5.41) is 11.9. The van der Waals surface area contributed by atoms with Crippen molar-refractivity contribution in [3.8, 4) is 5.75 Å². The number of aliphatic carboxylic acids is 1. The molecule has 1 amide bonds. The van der Waals surface area contributed by atoms with Crippen LogP contribution in [0.15, 0.2) is 59.5 Å². The van der Waals surface area contributed by atoms with Crippen molar-refractivity contribution in [3.63, 3.8) is 0 Å². The standard InChI is InChI=1S/C23H20FNO5S2/c1-2-17-11-19(22(29)14-3-5-15(24)6-4-14)23(32-17)25-20(26)13-31-18-9-7-16(8-10-18)30-12-21(27)28/h3-11H,2,12-13H2,1H3,(H,25,26)(H,27,28). The van der Waals surface area contributed by atoms with Gasteiger partial charge < -0.3 is 15.2 Å². The minimum atomic E-state index is -1.06. The van der Waals surface area contributed by atoms with Gasteiger partial charge in [0.25, 0.3) is 0 Å². The number of carbonyl (C=O) groups is 3. The zero-order chi connectivity index (χ0) is 23.1. The molecule has 9 heteroatoms. The van der Waals surface area contributed by atoms with Crippen molar-refractivity contribution < 1.29 is 28.6 Å². The van der Waals surface area contributed by atoms with E-state index in [1.54, 1.807) is 30.3 Å². The van der Waals surface area contributed by atoms with Crippen molar-refractivity contribution in [1.82, 2.24) is 0 Å². The molecular formula is C23H20FNO5S2. The van der Waals surface area contributed by atoms with Crippen LogP contribution in [0, 0.1) is 5.82 Å². The van der Waals surface area contributed by atoms with Crippen LogP contribution in [0.3, 0.4) is 0 Å². The molecule has 0 aliphatic rings. The van der Waals surface area contributed by atoms with Crippen LogP contribution in [0.25, 0.3) is 0 Å². The second-order valence-electron chi connectivity index (χ2n) is 6.64. The molecule has 0 bridgehead atoms. The van der Waals surface area contributed by atoms with Crippen molar-refractivity contribution in [1.29, 1.82) is 0 Å². The Hall–Kier alpha value is -3.17. The van der Waals surface area contributed by atoms with Crippen molar-refractivity contribution in [2.45, 2.75) is 18.2 Å². The minimum Gasteiger partial charge on any atom is -0.482 e. The first-order valence-electron chi connectivity index (χ1n) is 9.66. The second kappa shape index (κ2) is 10.9. The zero-order valence-corrected chi connectivity index (χ0v) is 18.7. The molecule has 0 unspecified atom stereocenters. The first kappa shape index (κ1) is 23.5. The third-order valence-corrected chi connectivity index (χ3v) is 6.50. The summed E-state index contributed by atoms with van der Waals surface area (Å²) in [6.45, 7) is 1.54. The highest BCUT2D eigenvalue weighted by Crippen LogP contribution is 2.31. The van der Waals surface area contributed by atoms with Crippen LogP contribution < -0.4 is 10.1 Å². The van der Waals surface area contributed by atoms with Gasteiger partial charge in [-0.05, 0) is 61.0 Å². The number of nitrogens with one attached hydrogen (secondary N) is 1. The van der Waals surface area contributed by atoms with Gasteiger partial charge in [-0.1, -0.05) is 6.92 Å². The number of carboxylic acids is 1. The van der Waals surface area contributed by atoms with Crippen LogP contribution >= 0.6 is 23.1 Å². The van der Waals surface area contributed by atoms with Gasteiger partial charge in [0.2, 0.25) is 5.91 Å². The Kier molecular flexibility index (Phi) is 8.02. The predicted molar refractivity (Wildman–Crippen MR) is 122 cm³/mol. The fourth-order valence-electron chi connectivity index (χ4n) is 2.72. The lowest BCUT2D eigenvalue weighted by atomic mass is 10.0. The average molecular weight is 474 g/mol. The molecule has 3 aromatic rings. The van der Waals surface area contributed by atoms with E-state index in [1.165, 1.54) is 47.4 Å². The molecule has 0 aliphatic carbocycles. The van der Waals surface area contributed by atoms with Gasteiger partial charge in [-0.3, -0.25) is 9.59 Å². The van der Waals surface area contributed by atoms with Crippen molar-refractivity contribution >= 4 is 45.8 Å². The first-order valence-corrected chi connectivity index (χ1v) is 11.5. The molecule has 0 saturated carbocycles. The van der Waals surface area contributed by atoms with E-state index in [1.807, 2.05) is 6.92 Å². The second-order valence-corrected chi connectivity index (χ2v) is 8.82. The number of ketones is 1. The normalized spacial score (nSPS) is 10.6. The summed E-state index contributed by atoms with van der Waals surface area (Å²) >= 11 is 2.64. The number of halogens is 1. The van der Waals surface area contributed by atoms with Crippen molar-refractivity contribution in [2.24, 2.45) is 0 Å². The highest BCUT2D eigenvalue weighted by Gasteiger charge is 2.19. The Morgan fingerprint density at radius 3 is 2.41 bits per heavy atom. The number of amides is 1. The Bertz CT molecular complexity index is 1110. The van der Waals surface area contributed by atoms with Crippen LogP contribution in [0.2, 0.25) is 0 Å². The van der Waals surface area contributed by atoms with Gasteiger partial charge in [-0.15, -0.1) is 23.1 Å². The van der Waals surface area contributed by atoms with E-state index in [0.29, 0.717) is 21.9 Å². The van der Waals surface area contributed by atoms with E-state index in [-0.39, 0.29) is 17.4 Å². The quantitative estimate of drug-likeness (QED) is 0.322. The number of hydrogen-bond donors (Lipinski definition) is 2. The van der Waals surface area contributed by atoms with E-state index < -0.39 is 18.4 Å². The van der Waals surface area contributed by atoms with Gasteiger partial charge in [-0.2, -0.15) is 0 Å². The van der Waals surface area contributed by atoms with Crippen LogP contribution in [0.4, 0.5) is 9.39 Å². The molecule has 1 heterocycles. The Morgan fingerprint density at radius 2 is 1.78 bits per heavy atom. The number of aryl methyl sites for hydroxylation is 1. The molecule has 0 atom stereocenters. The molecule has 6 nitrogen and oxygen atoms in total. The lowest BCUT2D eigenvalue weighted by Gasteiger charge is -2.07. The molecule has 0 spiro atoms. The van der Waals surface area contributed by atoms with E-state index in [0.717, 1.165) is 16.2 Å². The number of carboxylic acid groups (broad SMARTS) is 1. The summed E-state index contributed by atoms with van der Waals surface area (Å²) < 4.78 is 18.3. The molecule has 0 aliphatic heterocycles. The number of ether oxygens (including phenoxy) is 1. The summed E-state index contributed by atoms with van der Waals surface area (Å²) in [5.41, 5.74) is 0.735. The van der Waals surface area contributed by atoms with Crippen LogP contribution in [-0.2, 0) is 16.0 Å². The summed E-state index contributed by atoms with van der Waals surface area (Å²) in [6, 6.07) is 13.8. The molecule has 166 valence electrons. The van der Waals surface area contributed by atoms with E-state index >= 15 is 0 Å². The third-order valence-electron chi connectivity index (χ3n) is 4.29. The van der Waals surface area contributed by atoms with E-state index in [9.17, 15) is 18.8 Å². The number of thiophene rings is 1. The molecule has 2 N–H and O–H groups in total. The Labute approximate surface area is 192 Å². The molecule has 0 radical (unpaired) electrons. The molecule has 2 aromatic carbocycles. The van der Waals surface area contributed by atoms with Gasteiger partial charge in [0, 0.05) is 15.3 Å². The summed E-state index contributed by atoms with van der Waals surface area (Å²) in [5.74, 6) is -1.47. The number of anilines is 1. The fraction of sp³-hybridized carbons (Fsp3) is 0.174. The Balaban J connectivity index is 1.63. The molecular weight excluding hydrogens is 453 g/mol. The third kappa shape index (κ3) is 6.41. The molecule has 1 aromatic heterocycles. The van der Waals surface area contributed by atoms with Crippen molar-refractivity contribution in [3.05, 3.63) is 76.4 Å². The first-order chi connectivity index (χ1) is 15.4. The lowest BCUT2D eigenvalue weighted by molar-refractivity contribution is -0.139. The molecule has 32 heavy (non-hydrogen) atoms. The number of rotatable bonds is 10. The molecule has 3 rings (SSSR count). The minimum absolute atomic E-state index is 0.124. The number of hydrogen-bond acceptors (Lipinski definition) is 6. The molecule has 0 fully saturated rings. The average Bonchev–Trinajstić information content (AvgIpc) is 3.19. The summed E-state index contributed by atoms with van der Waals surface area (Å²) in [6.07, 6.45) is 0.718. The maximum atomic E-state index is 13.2. The van der Waals surface area contributed by atoms with Gasteiger partial charge in [0.05, 0.1) is 11.3 Å². The number of carbonyl (C=O) groups excluding carboxylic acids is 2. The fourth-order valence-corrected chi connectivity index (χ4v) is 4.43. The van der Waals surface area contributed by atoms with Gasteiger partial charge in [-0.25, -0.2) is 9.18 Å². The predicted octanol–water partition coefficient (Wildman–Crippen LogP) is 4.87. The number of benzene rings is 2. The maximum Gasteiger partial charge on any atom is 0.341 e. The largest absolute Gasteiger partial charge is 0.482 e. The van der Waals surface area contributed by atoms with Crippen LogP contribution in [0.5, 0.6) is 5.75 Å². The maximum absolute atomic E-state index is 13.2. The SMILES string of the molecule is CCc1cc(C(=O)c2ccc(F)cc2)c(NC(=O)CSc2ccc(OCC(=O)O)cc2)s1. The Morgan fingerprint density at radius 1 is 1.09 bits per heavy atom. The van der Waals surface area contributed by atoms with E-state index in [2.05, 4.69) is 5.32 Å². The highest BCUT2D eigenvalue weighted by molar-refractivity contribution is 8.00. The highest BCUT2D eigenvalue weighted by atomic mass is 32.2. The number of thioether (sulfide) groups is 1. The molecule has 0 saturated heterocycles. The monoisotopic (exact) mass is 473 g/mol. The van der Waals surface area contributed by atoms with Crippen molar-refractivity contribution in [2.75, 3.05) is 17.7 Å². The summed E-state index contributed by atoms with van der Waals surface area (Å²) in [4.78, 5) is 37.7. The van der Waals surface area contributed by atoms with Crippen LogP contribution in [0.1, 0.15) is 27.7 Å². The van der Waals surface area contributed by atoms with E-state index in [4.69, 9.17) is 9.84 Å². The van der Waals surface area contributed by atoms with Gasteiger partial charge >= 0.3 is 5.97 Å². The smallest absolute Gasteiger partial charge is 0.341 e. The lowest BCUT2D eigenvalue weighted by Crippen LogP contribution is -2.15. The van der Waals surface area contributed by atoms with Gasteiger partial charge in [0.1, 0.15) is 16.6 Å². The van der Waals surface area contributed by atoms with Crippen LogP contribution in [-0.4, -0.2) is 35.1 Å². The zero-order valence-electron chi connectivity index (χ0n) is 17.1. The summed E-state index contributed by atoms with van der Waals surface area (Å²) in [7, 11) is 0.